The molecule has 0 bridgehead atoms. The van der Waals surface area contributed by atoms with Crippen LogP contribution in [0.1, 0.15) is 28.7 Å². The topological polar surface area (TPSA) is 29.1 Å². The molecule has 1 N–H and O–H groups in total. The summed E-state index contributed by atoms with van der Waals surface area (Å²) in [5, 5.41) is 3.00. The lowest BCUT2D eigenvalue weighted by Crippen LogP contribution is -2.26. The summed E-state index contributed by atoms with van der Waals surface area (Å²) in [5.74, 6) is 1.54. The molecule has 122 valence electrons. The van der Waals surface area contributed by atoms with Crippen LogP contribution in [-0.4, -0.2) is 18.2 Å². The third-order valence-electron chi connectivity index (χ3n) is 3.67. The van der Waals surface area contributed by atoms with Crippen molar-refractivity contribution < 1.29 is 4.79 Å². The molecule has 0 saturated heterocycles. The Bertz CT molecular complexity index is 622. The molecule has 0 spiro atoms. The van der Waals surface area contributed by atoms with Gasteiger partial charge in [-0.2, -0.15) is 0 Å². The number of thioether (sulfide) groups is 1. The van der Waals surface area contributed by atoms with Crippen molar-refractivity contribution in [3.8, 4) is 0 Å². The number of amides is 1. The zero-order chi connectivity index (χ0) is 16.5. The Hall–Kier alpha value is -1.74. The molecule has 0 atom stereocenters. The minimum atomic E-state index is 0.131. The van der Waals surface area contributed by atoms with E-state index in [4.69, 9.17) is 0 Å². The Kier molecular flexibility index (Phi) is 7.21. The second-order valence-corrected chi connectivity index (χ2v) is 6.91. The molecular weight excluding hydrogens is 302 g/mol. The third kappa shape index (κ3) is 6.91. The van der Waals surface area contributed by atoms with Crippen molar-refractivity contribution in [3.63, 3.8) is 0 Å². The Balaban J connectivity index is 1.57. The number of carbonyl (C=O) groups is 1. The minimum Gasteiger partial charge on any atom is -0.355 e. The third-order valence-corrected chi connectivity index (χ3v) is 4.67. The minimum absolute atomic E-state index is 0.131. The molecule has 2 nitrogen and oxygen atoms in total. The first kappa shape index (κ1) is 17.6. The van der Waals surface area contributed by atoms with Gasteiger partial charge >= 0.3 is 0 Å². The van der Waals surface area contributed by atoms with Crippen LogP contribution < -0.4 is 5.32 Å². The molecule has 2 aromatic carbocycles. The fourth-order valence-electron chi connectivity index (χ4n) is 2.38. The van der Waals surface area contributed by atoms with E-state index >= 15 is 0 Å². The van der Waals surface area contributed by atoms with Gasteiger partial charge in [0.15, 0.2) is 0 Å². The molecule has 0 radical (unpaired) electrons. The lowest BCUT2D eigenvalue weighted by atomic mass is 10.1. The molecule has 0 aliphatic carbocycles. The highest BCUT2D eigenvalue weighted by Crippen LogP contribution is 2.12. The van der Waals surface area contributed by atoms with Crippen molar-refractivity contribution in [2.24, 2.45) is 0 Å². The smallest absolute Gasteiger partial charge is 0.230 e. The largest absolute Gasteiger partial charge is 0.355 e. The van der Waals surface area contributed by atoms with E-state index in [2.05, 4.69) is 67.7 Å². The molecular formula is C20H25NOS. The molecule has 1 amide bonds. The quantitative estimate of drug-likeness (QED) is 0.733. The molecule has 2 aromatic rings. The summed E-state index contributed by atoms with van der Waals surface area (Å²) in [7, 11) is 0. The van der Waals surface area contributed by atoms with Crippen molar-refractivity contribution in [2.45, 2.75) is 32.4 Å². The van der Waals surface area contributed by atoms with Crippen molar-refractivity contribution in [2.75, 3.05) is 12.3 Å². The predicted molar refractivity (Wildman–Crippen MR) is 99.9 cm³/mol. The average molecular weight is 327 g/mol. The highest BCUT2D eigenvalue weighted by molar-refractivity contribution is 7.99. The molecule has 0 fully saturated rings. The Morgan fingerprint density at radius 2 is 1.78 bits per heavy atom. The van der Waals surface area contributed by atoms with E-state index in [1.807, 2.05) is 0 Å². The molecule has 3 heteroatoms. The van der Waals surface area contributed by atoms with Gasteiger partial charge in [0.2, 0.25) is 5.91 Å². The predicted octanol–water partition coefficient (Wildman–Crippen LogP) is 4.29. The van der Waals surface area contributed by atoms with E-state index in [1.54, 1.807) is 11.8 Å². The maximum atomic E-state index is 11.8. The average Bonchev–Trinajstić information content (AvgIpc) is 2.54. The Labute approximate surface area is 143 Å². The van der Waals surface area contributed by atoms with Gasteiger partial charge in [-0.05, 0) is 37.8 Å². The van der Waals surface area contributed by atoms with E-state index in [9.17, 15) is 4.79 Å². The van der Waals surface area contributed by atoms with E-state index in [-0.39, 0.29) is 5.91 Å². The molecule has 0 unspecified atom stereocenters. The molecule has 0 aliphatic rings. The van der Waals surface area contributed by atoms with Gasteiger partial charge in [-0.3, -0.25) is 4.79 Å². The van der Waals surface area contributed by atoms with Gasteiger partial charge in [0, 0.05) is 12.3 Å². The van der Waals surface area contributed by atoms with Crippen LogP contribution in [0.4, 0.5) is 0 Å². The highest BCUT2D eigenvalue weighted by Gasteiger charge is 2.02. The summed E-state index contributed by atoms with van der Waals surface area (Å²) in [6.45, 7) is 4.94. The summed E-state index contributed by atoms with van der Waals surface area (Å²) >= 11 is 1.66. The Morgan fingerprint density at radius 1 is 1.00 bits per heavy atom. The van der Waals surface area contributed by atoms with Crippen LogP contribution in [0.15, 0.2) is 48.5 Å². The van der Waals surface area contributed by atoms with Crippen LogP contribution in [-0.2, 0) is 17.0 Å². The number of aryl methyl sites for hydroxylation is 3. The number of benzene rings is 2. The van der Waals surface area contributed by atoms with Crippen molar-refractivity contribution >= 4 is 17.7 Å². The van der Waals surface area contributed by atoms with E-state index in [0.717, 1.165) is 25.1 Å². The van der Waals surface area contributed by atoms with Crippen LogP contribution in [0.5, 0.6) is 0 Å². The number of rotatable bonds is 8. The molecule has 0 heterocycles. The molecule has 2 rings (SSSR count). The van der Waals surface area contributed by atoms with E-state index < -0.39 is 0 Å². The van der Waals surface area contributed by atoms with Crippen LogP contribution in [0.25, 0.3) is 0 Å². The van der Waals surface area contributed by atoms with Crippen molar-refractivity contribution in [1.29, 1.82) is 0 Å². The fraction of sp³-hybridized carbons (Fsp3) is 0.350. The SMILES string of the molecule is Cc1ccc(CSCC(=O)NCCCc2cccc(C)c2)cc1. The number of nitrogens with one attached hydrogen (secondary N) is 1. The summed E-state index contributed by atoms with van der Waals surface area (Å²) in [6.07, 6.45) is 2.00. The number of hydrogen-bond acceptors (Lipinski definition) is 2. The normalized spacial score (nSPS) is 10.5. The van der Waals surface area contributed by atoms with Gasteiger partial charge in [-0.25, -0.2) is 0 Å². The number of carbonyl (C=O) groups excluding carboxylic acids is 1. The van der Waals surface area contributed by atoms with Gasteiger partial charge < -0.3 is 5.32 Å². The Morgan fingerprint density at radius 3 is 2.52 bits per heavy atom. The van der Waals surface area contributed by atoms with Gasteiger partial charge in [0.25, 0.3) is 0 Å². The summed E-state index contributed by atoms with van der Waals surface area (Å²) in [4.78, 5) is 11.8. The van der Waals surface area contributed by atoms with Crippen LogP contribution in [0.2, 0.25) is 0 Å². The molecule has 0 aliphatic heterocycles. The van der Waals surface area contributed by atoms with Crippen molar-refractivity contribution in [3.05, 3.63) is 70.8 Å². The summed E-state index contributed by atoms with van der Waals surface area (Å²) in [6, 6.07) is 17.0. The maximum Gasteiger partial charge on any atom is 0.230 e. The second kappa shape index (κ2) is 9.41. The van der Waals surface area contributed by atoms with Gasteiger partial charge in [0.05, 0.1) is 5.75 Å². The van der Waals surface area contributed by atoms with Crippen LogP contribution in [0.3, 0.4) is 0 Å². The first-order valence-corrected chi connectivity index (χ1v) is 9.24. The monoisotopic (exact) mass is 327 g/mol. The first-order chi connectivity index (χ1) is 11.1. The van der Waals surface area contributed by atoms with Gasteiger partial charge in [-0.15, -0.1) is 11.8 Å². The standard InChI is InChI=1S/C20H25NOS/c1-16-8-10-19(11-9-16)14-23-15-20(22)21-12-4-7-18-6-3-5-17(2)13-18/h3,5-6,8-11,13H,4,7,12,14-15H2,1-2H3,(H,21,22). The van der Waals surface area contributed by atoms with E-state index in [1.165, 1.54) is 22.3 Å². The molecule has 23 heavy (non-hydrogen) atoms. The lowest BCUT2D eigenvalue weighted by molar-refractivity contribution is -0.118. The molecule has 0 saturated carbocycles. The van der Waals surface area contributed by atoms with Crippen LogP contribution in [0, 0.1) is 13.8 Å². The number of hydrogen-bond donors (Lipinski definition) is 1. The lowest BCUT2D eigenvalue weighted by Gasteiger charge is -2.06. The second-order valence-electron chi connectivity index (χ2n) is 5.92. The summed E-state index contributed by atoms with van der Waals surface area (Å²) in [5.41, 5.74) is 5.17. The van der Waals surface area contributed by atoms with Crippen molar-refractivity contribution in [1.82, 2.24) is 5.32 Å². The fourth-order valence-corrected chi connectivity index (χ4v) is 3.20. The highest BCUT2D eigenvalue weighted by atomic mass is 32.2. The summed E-state index contributed by atoms with van der Waals surface area (Å²) < 4.78 is 0. The van der Waals surface area contributed by atoms with Gasteiger partial charge in [-0.1, -0.05) is 59.7 Å². The first-order valence-electron chi connectivity index (χ1n) is 8.09. The molecule has 0 aromatic heterocycles. The zero-order valence-electron chi connectivity index (χ0n) is 14.0. The van der Waals surface area contributed by atoms with Gasteiger partial charge in [0.1, 0.15) is 0 Å². The van der Waals surface area contributed by atoms with Crippen LogP contribution >= 0.6 is 11.8 Å². The van der Waals surface area contributed by atoms with E-state index in [0.29, 0.717) is 5.75 Å². The maximum absolute atomic E-state index is 11.8. The zero-order valence-corrected chi connectivity index (χ0v) is 14.8.